The number of nitrogens with two attached hydrogens (primary N) is 1. The molecule has 0 bridgehead atoms. The van der Waals surface area contributed by atoms with Crippen molar-refractivity contribution in [2.45, 2.75) is 13.0 Å². The Hall–Kier alpha value is -2.27. The Kier molecular flexibility index (Phi) is 4.65. The maximum Gasteiger partial charge on any atom is 0.172 e. The van der Waals surface area contributed by atoms with Gasteiger partial charge in [0.2, 0.25) is 0 Å². The number of aromatic nitrogens is 1. The Bertz CT molecular complexity index is 660. The Morgan fingerprint density at radius 3 is 2.76 bits per heavy atom. The molecule has 1 unspecified atom stereocenters. The van der Waals surface area contributed by atoms with Crippen LogP contribution in [0.4, 0.5) is 5.69 Å². The molecule has 0 radical (unpaired) electrons. The molecule has 0 aliphatic heterocycles. The Balaban J connectivity index is 2.41. The third-order valence-electron chi connectivity index (χ3n) is 3.50. The highest BCUT2D eigenvalue weighted by molar-refractivity contribution is 6.31. The minimum Gasteiger partial charge on any atom is -0.409 e. The van der Waals surface area contributed by atoms with E-state index in [0.29, 0.717) is 10.6 Å². The average Bonchev–Trinajstić information content (AvgIpc) is 2.53. The standard InChI is InChI=1S/C15H17ClN4O/c1-10(11-5-3-4-6-13(11)16)20(2)14-9-18-8-7-12(14)15(17)19-21/h3-10,21H,1-2H3,(H2,17,19). The summed E-state index contributed by atoms with van der Waals surface area (Å²) >= 11 is 6.25. The van der Waals surface area contributed by atoms with E-state index in [9.17, 15) is 0 Å². The molecule has 1 atom stereocenters. The molecule has 2 rings (SSSR count). The molecule has 21 heavy (non-hydrogen) atoms. The number of anilines is 1. The van der Waals surface area contributed by atoms with Gasteiger partial charge in [-0.3, -0.25) is 4.98 Å². The van der Waals surface area contributed by atoms with Crippen LogP contribution in [0.3, 0.4) is 0 Å². The van der Waals surface area contributed by atoms with E-state index in [0.717, 1.165) is 11.3 Å². The highest BCUT2D eigenvalue weighted by Crippen LogP contribution is 2.31. The van der Waals surface area contributed by atoms with Crippen LogP contribution in [0.2, 0.25) is 5.02 Å². The molecule has 1 aromatic carbocycles. The van der Waals surface area contributed by atoms with Gasteiger partial charge in [0, 0.05) is 23.8 Å². The lowest BCUT2D eigenvalue weighted by atomic mass is 10.1. The van der Waals surface area contributed by atoms with E-state index in [1.165, 1.54) is 0 Å². The van der Waals surface area contributed by atoms with Gasteiger partial charge in [0.05, 0.1) is 17.9 Å². The lowest BCUT2D eigenvalue weighted by Crippen LogP contribution is -2.26. The van der Waals surface area contributed by atoms with Crippen molar-refractivity contribution in [2.75, 3.05) is 11.9 Å². The van der Waals surface area contributed by atoms with Gasteiger partial charge in [-0.1, -0.05) is 35.0 Å². The van der Waals surface area contributed by atoms with Gasteiger partial charge in [-0.15, -0.1) is 0 Å². The van der Waals surface area contributed by atoms with Gasteiger partial charge in [0.15, 0.2) is 5.84 Å². The van der Waals surface area contributed by atoms with Crippen molar-refractivity contribution in [3.63, 3.8) is 0 Å². The van der Waals surface area contributed by atoms with Gasteiger partial charge in [-0.25, -0.2) is 0 Å². The molecule has 2 aromatic rings. The second kappa shape index (κ2) is 6.45. The molecule has 0 saturated carbocycles. The number of oxime groups is 1. The number of hydrogen-bond donors (Lipinski definition) is 2. The van der Waals surface area contributed by atoms with Gasteiger partial charge >= 0.3 is 0 Å². The molecule has 0 aliphatic carbocycles. The van der Waals surface area contributed by atoms with E-state index >= 15 is 0 Å². The van der Waals surface area contributed by atoms with Crippen LogP contribution in [0.5, 0.6) is 0 Å². The minimum absolute atomic E-state index is 0.00754. The molecule has 1 aromatic heterocycles. The number of halogens is 1. The molecule has 0 amide bonds. The summed E-state index contributed by atoms with van der Waals surface area (Å²) in [6.07, 6.45) is 3.28. The fourth-order valence-electron chi connectivity index (χ4n) is 2.17. The van der Waals surface area contributed by atoms with E-state index in [1.54, 1.807) is 18.5 Å². The van der Waals surface area contributed by atoms with Crippen molar-refractivity contribution in [1.82, 2.24) is 4.98 Å². The first kappa shape index (κ1) is 15.1. The Morgan fingerprint density at radius 2 is 2.10 bits per heavy atom. The topological polar surface area (TPSA) is 74.7 Å². The summed E-state index contributed by atoms with van der Waals surface area (Å²) in [6, 6.07) is 9.38. The van der Waals surface area contributed by atoms with Gasteiger partial charge in [-0.05, 0) is 24.6 Å². The molecule has 3 N–H and O–H groups in total. The second-order valence-corrected chi connectivity index (χ2v) is 5.09. The lowest BCUT2D eigenvalue weighted by Gasteiger charge is -2.29. The van der Waals surface area contributed by atoms with Crippen molar-refractivity contribution in [2.24, 2.45) is 10.9 Å². The minimum atomic E-state index is 0.00754. The van der Waals surface area contributed by atoms with E-state index in [2.05, 4.69) is 10.1 Å². The SMILES string of the molecule is CC(c1ccccc1Cl)N(C)c1cnccc1/C(N)=N/O. The molecule has 0 aliphatic rings. The zero-order valence-corrected chi connectivity index (χ0v) is 12.6. The van der Waals surface area contributed by atoms with Crippen molar-refractivity contribution in [1.29, 1.82) is 0 Å². The zero-order chi connectivity index (χ0) is 15.4. The smallest absolute Gasteiger partial charge is 0.172 e. The number of pyridine rings is 1. The van der Waals surface area contributed by atoms with E-state index in [4.69, 9.17) is 22.5 Å². The Labute approximate surface area is 128 Å². The van der Waals surface area contributed by atoms with E-state index in [-0.39, 0.29) is 11.9 Å². The van der Waals surface area contributed by atoms with Crippen LogP contribution in [0.1, 0.15) is 24.1 Å². The fraction of sp³-hybridized carbons (Fsp3) is 0.200. The number of hydrogen-bond acceptors (Lipinski definition) is 4. The first-order valence-corrected chi connectivity index (χ1v) is 6.83. The maximum absolute atomic E-state index is 8.90. The van der Waals surface area contributed by atoms with Crippen molar-refractivity contribution in [3.05, 3.63) is 58.9 Å². The largest absolute Gasteiger partial charge is 0.409 e. The molecule has 0 fully saturated rings. The normalized spacial score (nSPS) is 13.0. The fourth-order valence-corrected chi connectivity index (χ4v) is 2.46. The predicted octanol–water partition coefficient (Wildman–Crippen LogP) is 3.03. The van der Waals surface area contributed by atoms with Crippen LogP contribution in [-0.2, 0) is 0 Å². The van der Waals surface area contributed by atoms with Crippen molar-refractivity contribution >= 4 is 23.1 Å². The molecular formula is C15H17ClN4O. The number of nitrogens with zero attached hydrogens (tertiary/aromatic N) is 3. The van der Waals surface area contributed by atoms with Gasteiger partial charge in [0.1, 0.15) is 0 Å². The second-order valence-electron chi connectivity index (χ2n) is 4.69. The molecule has 110 valence electrons. The van der Waals surface area contributed by atoms with Gasteiger partial charge in [0.25, 0.3) is 0 Å². The highest BCUT2D eigenvalue weighted by atomic mass is 35.5. The highest BCUT2D eigenvalue weighted by Gasteiger charge is 2.18. The van der Waals surface area contributed by atoms with E-state index < -0.39 is 0 Å². The van der Waals surface area contributed by atoms with Crippen LogP contribution in [0.15, 0.2) is 47.9 Å². The monoisotopic (exact) mass is 304 g/mol. The van der Waals surface area contributed by atoms with Crippen LogP contribution in [0, 0.1) is 0 Å². The summed E-state index contributed by atoms with van der Waals surface area (Å²) in [7, 11) is 1.92. The van der Waals surface area contributed by atoms with Crippen molar-refractivity contribution < 1.29 is 5.21 Å². The van der Waals surface area contributed by atoms with Crippen LogP contribution in [-0.4, -0.2) is 23.1 Å². The van der Waals surface area contributed by atoms with Crippen LogP contribution >= 0.6 is 11.6 Å². The Morgan fingerprint density at radius 1 is 1.38 bits per heavy atom. The summed E-state index contributed by atoms with van der Waals surface area (Å²) in [5, 5.41) is 12.7. The number of rotatable bonds is 4. The maximum atomic E-state index is 8.90. The molecule has 0 spiro atoms. The lowest BCUT2D eigenvalue weighted by molar-refractivity contribution is 0.318. The summed E-state index contributed by atoms with van der Waals surface area (Å²) in [5.74, 6) is 0.0469. The molecule has 5 nitrogen and oxygen atoms in total. The van der Waals surface area contributed by atoms with Crippen LogP contribution in [0.25, 0.3) is 0 Å². The van der Waals surface area contributed by atoms with Crippen LogP contribution < -0.4 is 10.6 Å². The number of benzene rings is 1. The first-order valence-electron chi connectivity index (χ1n) is 6.45. The van der Waals surface area contributed by atoms with E-state index in [1.807, 2.05) is 43.1 Å². The zero-order valence-electron chi connectivity index (χ0n) is 11.9. The predicted molar refractivity (Wildman–Crippen MR) is 85.0 cm³/mol. The molecule has 6 heteroatoms. The molecule has 1 heterocycles. The summed E-state index contributed by atoms with van der Waals surface area (Å²) in [5.41, 5.74) is 8.10. The third-order valence-corrected chi connectivity index (χ3v) is 3.84. The summed E-state index contributed by atoms with van der Waals surface area (Å²) in [4.78, 5) is 6.10. The average molecular weight is 305 g/mol. The third kappa shape index (κ3) is 3.08. The van der Waals surface area contributed by atoms with Crippen molar-refractivity contribution in [3.8, 4) is 0 Å². The summed E-state index contributed by atoms with van der Waals surface area (Å²) in [6.45, 7) is 2.03. The quantitative estimate of drug-likeness (QED) is 0.394. The first-order chi connectivity index (χ1) is 10.1. The molecule has 0 saturated heterocycles. The summed E-state index contributed by atoms with van der Waals surface area (Å²) < 4.78 is 0. The number of amidine groups is 1. The van der Waals surface area contributed by atoms with Gasteiger partial charge in [-0.2, -0.15) is 0 Å². The van der Waals surface area contributed by atoms with Gasteiger partial charge < -0.3 is 15.8 Å². The molecular weight excluding hydrogens is 288 g/mol.